The van der Waals surface area contributed by atoms with Gasteiger partial charge in [0.1, 0.15) is 0 Å². The molecule has 1 aliphatic rings. The molecule has 2 nitrogen and oxygen atoms in total. The third kappa shape index (κ3) is 2.95. The van der Waals surface area contributed by atoms with Crippen LogP contribution in [-0.4, -0.2) is 50.1 Å². The zero-order valence-corrected chi connectivity index (χ0v) is 8.51. The summed E-state index contributed by atoms with van der Waals surface area (Å²) in [4.78, 5) is 4.71. The molecule has 12 heavy (non-hydrogen) atoms. The van der Waals surface area contributed by atoms with Gasteiger partial charge in [-0.3, -0.25) is 4.90 Å². The lowest BCUT2D eigenvalue weighted by Gasteiger charge is -2.26. The van der Waals surface area contributed by atoms with Gasteiger partial charge in [0, 0.05) is 19.6 Å². The molecule has 0 amide bonds. The van der Waals surface area contributed by atoms with Crippen LogP contribution in [-0.2, 0) is 0 Å². The van der Waals surface area contributed by atoms with E-state index in [1.807, 2.05) is 0 Å². The van der Waals surface area contributed by atoms with E-state index in [0.717, 1.165) is 13.1 Å². The molecule has 0 unspecified atom stereocenters. The summed E-state index contributed by atoms with van der Waals surface area (Å²) in [7, 11) is 4.26. The van der Waals surface area contributed by atoms with Gasteiger partial charge in [0.05, 0.1) is 0 Å². The van der Waals surface area contributed by atoms with E-state index in [-0.39, 0.29) is 0 Å². The van der Waals surface area contributed by atoms with Crippen molar-refractivity contribution in [3.63, 3.8) is 0 Å². The number of rotatable bonds is 3. The normalized spacial score (nSPS) is 19.8. The van der Waals surface area contributed by atoms with Crippen LogP contribution in [0.2, 0.25) is 0 Å². The molecule has 1 aliphatic heterocycles. The van der Waals surface area contributed by atoms with Crippen LogP contribution in [0.15, 0.2) is 11.6 Å². The van der Waals surface area contributed by atoms with Crippen molar-refractivity contribution in [1.82, 2.24) is 9.80 Å². The van der Waals surface area contributed by atoms with Gasteiger partial charge in [0.2, 0.25) is 0 Å². The van der Waals surface area contributed by atoms with Crippen molar-refractivity contribution in [2.24, 2.45) is 0 Å². The van der Waals surface area contributed by atoms with E-state index in [4.69, 9.17) is 0 Å². The summed E-state index contributed by atoms with van der Waals surface area (Å²) in [6.45, 7) is 6.95. The van der Waals surface area contributed by atoms with Crippen LogP contribution in [0.1, 0.15) is 13.3 Å². The van der Waals surface area contributed by atoms with Crippen molar-refractivity contribution >= 4 is 0 Å². The van der Waals surface area contributed by atoms with E-state index in [9.17, 15) is 0 Å². The fourth-order valence-corrected chi connectivity index (χ4v) is 1.59. The highest BCUT2D eigenvalue weighted by Crippen LogP contribution is 2.10. The van der Waals surface area contributed by atoms with Crippen molar-refractivity contribution in [2.45, 2.75) is 13.3 Å². The minimum atomic E-state index is 1.14. The minimum Gasteiger partial charge on any atom is -0.305 e. The van der Waals surface area contributed by atoms with Gasteiger partial charge in [-0.15, -0.1) is 0 Å². The molecule has 1 heterocycles. The van der Waals surface area contributed by atoms with E-state index in [1.54, 1.807) is 5.57 Å². The Morgan fingerprint density at radius 1 is 1.50 bits per heavy atom. The number of likely N-dealkylation sites (N-methyl/N-ethyl adjacent to an activating group) is 2. The predicted octanol–water partition coefficient (Wildman–Crippen LogP) is 1.20. The largest absolute Gasteiger partial charge is 0.305 e. The Morgan fingerprint density at radius 3 is 2.67 bits per heavy atom. The van der Waals surface area contributed by atoms with Gasteiger partial charge in [0.25, 0.3) is 0 Å². The maximum Gasteiger partial charge on any atom is 0.0187 e. The second kappa shape index (κ2) is 4.63. The molecule has 2 heteroatoms. The Kier molecular flexibility index (Phi) is 3.76. The molecular weight excluding hydrogens is 148 g/mol. The predicted molar refractivity (Wildman–Crippen MR) is 53.4 cm³/mol. The van der Waals surface area contributed by atoms with E-state index in [0.29, 0.717) is 0 Å². The van der Waals surface area contributed by atoms with Gasteiger partial charge in [-0.25, -0.2) is 0 Å². The molecule has 0 atom stereocenters. The summed E-state index contributed by atoms with van der Waals surface area (Å²) >= 11 is 0. The second-order valence-corrected chi connectivity index (χ2v) is 3.74. The molecule has 0 radical (unpaired) electrons. The molecular formula is C10H20N2. The van der Waals surface area contributed by atoms with E-state index in [1.165, 1.54) is 19.5 Å². The molecule has 0 saturated carbocycles. The first kappa shape index (κ1) is 9.75. The lowest BCUT2D eigenvalue weighted by Crippen LogP contribution is -2.30. The minimum absolute atomic E-state index is 1.14. The first-order chi connectivity index (χ1) is 5.72. The van der Waals surface area contributed by atoms with Crippen LogP contribution in [0.4, 0.5) is 0 Å². The Balaban J connectivity index is 2.34. The van der Waals surface area contributed by atoms with E-state index >= 15 is 0 Å². The van der Waals surface area contributed by atoms with Crippen molar-refractivity contribution in [2.75, 3.05) is 40.3 Å². The Bertz CT molecular complexity index is 161. The maximum absolute atomic E-state index is 2.47. The van der Waals surface area contributed by atoms with Gasteiger partial charge in [-0.1, -0.05) is 18.6 Å². The van der Waals surface area contributed by atoms with Crippen LogP contribution in [0.25, 0.3) is 0 Å². The molecule has 0 fully saturated rings. The van der Waals surface area contributed by atoms with Gasteiger partial charge < -0.3 is 4.90 Å². The van der Waals surface area contributed by atoms with Gasteiger partial charge >= 0.3 is 0 Å². The summed E-state index contributed by atoms with van der Waals surface area (Å²) in [5.74, 6) is 0. The van der Waals surface area contributed by atoms with Gasteiger partial charge in [0.15, 0.2) is 0 Å². The summed E-state index contributed by atoms with van der Waals surface area (Å²) in [6, 6.07) is 0. The maximum atomic E-state index is 2.47. The third-order valence-corrected chi connectivity index (χ3v) is 2.35. The lowest BCUT2D eigenvalue weighted by atomic mass is 10.1. The van der Waals surface area contributed by atoms with Crippen LogP contribution in [0.3, 0.4) is 0 Å². The van der Waals surface area contributed by atoms with Crippen LogP contribution < -0.4 is 0 Å². The molecule has 0 saturated heterocycles. The fourth-order valence-electron chi connectivity index (χ4n) is 1.59. The Morgan fingerprint density at radius 2 is 2.25 bits per heavy atom. The summed E-state index contributed by atoms with van der Waals surface area (Å²) in [5.41, 5.74) is 1.60. The van der Waals surface area contributed by atoms with Crippen LogP contribution in [0.5, 0.6) is 0 Å². The van der Waals surface area contributed by atoms with Crippen molar-refractivity contribution in [3.8, 4) is 0 Å². The number of hydrogen-bond donors (Lipinski definition) is 0. The highest BCUT2D eigenvalue weighted by atomic mass is 15.1. The van der Waals surface area contributed by atoms with Gasteiger partial charge in [-0.05, 0) is 27.1 Å². The van der Waals surface area contributed by atoms with Gasteiger partial charge in [-0.2, -0.15) is 0 Å². The fraction of sp³-hybridized carbons (Fsp3) is 0.800. The highest BCUT2D eigenvalue weighted by molar-refractivity contribution is 5.08. The molecule has 0 aliphatic carbocycles. The molecule has 0 aromatic carbocycles. The quantitative estimate of drug-likeness (QED) is 0.584. The molecule has 1 rings (SSSR count). The molecule has 0 N–H and O–H groups in total. The van der Waals surface area contributed by atoms with Crippen molar-refractivity contribution in [1.29, 1.82) is 0 Å². The lowest BCUT2D eigenvalue weighted by molar-refractivity contribution is 0.302. The molecule has 0 bridgehead atoms. The number of nitrogens with zero attached hydrogens (tertiary/aromatic N) is 2. The SMILES string of the molecule is CCN1CC=C(CN(C)C)CC1. The standard InChI is InChI=1S/C10H20N2/c1-4-12-7-5-10(6-8-12)9-11(2)3/h5H,4,6-9H2,1-3H3. The summed E-state index contributed by atoms with van der Waals surface area (Å²) in [5, 5.41) is 0. The van der Waals surface area contributed by atoms with E-state index < -0.39 is 0 Å². The first-order valence-corrected chi connectivity index (χ1v) is 4.77. The van der Waals surface area contributed by atoms with Crippen LogP contribution >= 0.6 is 0 Å². The number of hydrogen-bond acceptors (Lipinski definition) is 2. The topological polar surface area (TPSA) is 6.48 Å². The van der Waals surface area contributed by atoms with E-state index in [2.05, 4.69) is 36.9 Å². The molecule has 0 aromatic heterocycles. The molecule has 0 spiro atoms. The zero-order chi connectivity index (χ0) is 8.97. The molecule has 0 aromatic rings. The van der Waals surface area contributed by atoms with Crippen LogP contribution in [0, 0.1) is 0 Å². The van der Waals surface area contributed by atoms with Crippen molar-refractivity contribution < 1.29 is 0 Å². The summed E-state index contributed by atoms with van der Waals surface area (Å²) in [6.07, 6.45) is 3.64. The second-order valence-electron chi connectivity index (χ2n) is 3.74. The van der Waals surface area contributed by atoms with Crippen molar-refractivity contribution in [3.05, 3.63) is 11.6 Å². The zero-order valence-electron chi connectivity index (χ0n) is 8.51. The monoisotopic (exact) mass is 168 g/mol. The summed E-state index contributed by atoms with van der Waals surface area (Å²) < 4.78 is 0. The Labute approximate surface area is 75.8 Å². The average Bonchev–Trinajstić information content (AvgIpc) is 2.05. The average molecular weight is 168 g/mol. The first-order valence-electron chi connectivity index (χ1n) is 4.77. The molecule has 70 valence electrons. The highest BCUT2D eigenvalue weighted by Gasteiger charge is 2.09. The Hall–Kier alpha value is -0.340. The third-order valence-electron chi connectivity index (χ3n) is 2.35. The smallest absolute Gasteiger partial charge is 0.0187 e.